The van der Waals surface area contributed by atoms with Gasteiger partial charge in [-0.15, -0.1) is 0 Å². The average Bonchev–Trinajstić information content (AvgIpc) is 2.91. The zero-order valence-corrected chi connectivity index (χ0v) is 13.5. The summed E-state index contributed by atoms with van der Waals surface area (Å²) >= 11 is 3.59. The fourth-order valence-electron chi connectivity index (χ4n) is 2.80. The van der Waals surface area contributed by atoms with Crippen molar-refractivity contribution in [1.82, 2.24) is 4.98 Å². The summed E-state index contributed by atoms with van der Waals surface area (Å²) in [5.74, 6) is 0.618. The van der Waals surface area contributed by atoms with Gasteiger partial charge >= 0.3 is 0 Å². The van der Waals surface area contributed by atoms with Crippen LogP contribution in [0.3, 0.4) is 0 Å². The Balaban J connectivity index is 2.03. The number of nitrogens with zero attached hydrogens (tertiary/aromatic N) is 1. The largest absolute Gasteiger partial charge is 0.436 e. The van der Waals surface area contributed by atoms with Crippen molar-refractivity contribution in [3.05, 3.63) is 58.6 Å². The molecule has 0 spiro atoms. The standard InChI is InChI=1S/C18H13BrN2O/c1-10-8-11(20)9-16-17(10)22-18(21-16)14-6-2-5-13-12(14)4-3-7-15(13)19/h2-9H,20H2,1H3. The van der Waals surface area contributed by atoms with E-state index in [1.165, 1.54) is 0 Å². The van der Waals surface area contributed by atoms with Crippen molar-refractivity contribution in [2.45, 2.75) is 6.92 Å². The van der Waals surface area contributed by atoms with Crippen molar-refractivity contribution in [3.63, 3.8) is 0 Å². The second-order valence-electron chi connectivity index (χ2n) is 5.35. The Hall–Kier alpha value is -2.33. The summed E-state index contributed by atoms with van der Waals surface area (Å²) in [5, 5.41) is 2.24. The molecule has 4 rings (SSSR count). The van der Waals surface area contributed by atoms with Crippen LogP contribution in [0.5, 0.6) is 0 Å². The van der Waals surface area contributed by atoms with Crippen LogP contribution in [0.25, 0.3) is 33.3 Å². The van der Waals surface area contributed by atoms with E-state index < -0.39 is 0 Å². The van der Waals surface area contributed by atoms with Crippen molar-refractivity contribution in [3.8, 4) is 11.5 Å². The SMILES string of the molecule is Cc1cc(N)cc2nc(-c3cccc4c(Br)cccc34)oc12. The third-order valence-corrected chi connectivity index (χ3v) is 4.49. The van der Waals surface area contributed by atoms with E-state index in [1.807, 2.05) is 43.3 Å². The number of hydrogen-bond donors (Lipinski definition) is 1. The lowest BCUT2D eigenvalue weighted by molar-refractivity contribution is 0.618. The van der Waals surface area contributed by atoms with Crippen molar-refractivity contribution < 1.29 is 4.42 Å². The second-order valence-corrected chi connectivity index (χ2v) is 6.20. The summed E-state index contributed by atoms with van der Waals surface area (Å²) in [6.07, 6.45) is 0. The summed E-state index contributed by atoms with van der Waals surface area (Å²) in [6, 6.07) is 16.0. The van der Waals surface area contributed by atoms with Gasteiger partial charge in [0.15, 0.2) is 5.58 Å². The fourth-order valence-corrected chi connectivity index (χ4v) is 3.30. The molecule has 4 heteroatoms. The van der Waals surface area contributed by atoms with Crippen molar-refractivity contribution in [1.29, 1.82) is 0 Å². The molecule has 0 bridgehead atoms. The lowest BCUT2D eigenvalue weighted by Gasteiger charge is -2.04. The smallest absolute Gasteiger partial charge is 0.227 e. The van der Waals surface area contributed by atoms with Crippen LogP contribution >= 0.6 is 15.9 Å². The predicted molar refractivity (Wildman–Crippen MR) is 93.8 cm³/mol. The molecule has 1 aromatic heterocycles. The fraction of sp³-hybridized carbons (Fsp3) is 0.0556. The quantitative estimate of drug-likeness (QED) is 0.473. The number of fused-ring (bicyclic) bond motifs is 2. The van der Waals surface area contributed by atoms with Gasteiger partial charge in [-0.1, -0.05) is 40.2 Å². The first-order valence-corrected chi connectivity index (χ1v) is 7.77. The van der Waals surface area contributed by atoms with Gasteiger partial charge in [-0.05, 0) is 47.5 Å². The Kier molecular flexibility index (Phi) is 2.94. The minimum atomic E-state index is 0.618. The first-order valence-electron chi connectivity index (χ1n) is 6.98. The van der Waals surface area contributed by atoms with Crippen LogP contribution in [-0.4, -0.2) is 4.98 Å². The first-order chi connectivity index (χ1) is 10.6. The lowest BCUT2D eigenvalue weighted by atomic mass is 10.0. The molecule has 108 valence electrons. The Bertz CT molecular complexity index is 1020. The molecule has 3 nitrogen and oxygen atoms in total. The molecule has 0 unspecified atom stereocenters. The molecule has 4 aromatic rings. The third-order valence-electron chi connectivity index (χ3n) is 3.80. The molecule has 22 heavy (non-hydrogen) atoms. The summed E-state index contributed by atoms with van der Waals surface area (Å²) in [7, 11) is 0. The van der Waals surface area contributed by atoms with Crippen molar-refractivity contribution in [2.24, 2.45) is 0 Å². The molecule has 0 saturated heterocycles. The van der Waals surface area contributed by atoms with Gasteiger partial charge in [-0.25, -0.2) is 4.98 Å². The van der Waals surface area contributed by atoms with Gasteiger partial charge in [0.25, 0.3) is 0 Å². The predicted octanol–water partition coefficient (Wildman–Crippen LogP) is 5.30. The van der Waals surface area contributed by atoms with Gasteiger partial charge in [0.05, 0.1) is 0 Å². The van der Waals surface area contributed by atoms with Gasteiger partial charge in [0.1, 0.15) is 5.52 Å². The van der Waals surface area contributed by atoms with Gasteiger partial charge in [-0.3, -0.25) is 0 Å². The average molecular weight is 353 g/mol. The molecule has 0 amide bonds. The van der Waals surface area contributed by atoms with E-state index >= 15 is 0 Å². The maximum Gasteiger partial charge on any atom is 0.227 e. The number of halogens is 1. The number of oxazole rings is 1. The Morgan fingerprint density at radius 2 is 1.82 bits per heavy atom. The minimum Gasteiger partial charge on any atom is -0.436 e. The van der Waals surface area contributed by atoms with Gasteiger partial charge < -0.3 is 10.2 Å². The number of aromatic nitrogens is 1. The highest BCUT2D eigenvalue weighted by atomic mass is 79.9. The number of rotatable bonds is 1. The van der Waals surface area contributed by atoms with E-state index in [-0.39, 0.29) is 0 Å². The number of aryl methyl sites for hydroxylation is 1. The maximum atomic E-state index is 6.01. The topological polar surface area (TPSA) is 52.0 Å². The molecule has 0 aliphatic heterocycles. The van der Waals surface area contributed by atoms with Gasteiger partial charge in [0, 0.05) is 15.7 Å². The van der Waals surface area contributed by atoms with Crippen LogP contribution < -0.4 is 5.73 Å². The van der Waals surface area contributed by atoms with Crippen LogP contribution in [0.15, 0.2) is 57.4 Å². The summed E-state index contributed by atoms with van der Waals surface area (Å²) in [5.41, 5.74) is 10.1. The van der Waals surface area contributed by atoms with E-state index in [2.05, 4.69) is 33.0 Å². The normalized spacial score (nSPS) is 11.4. The number of benzene rings is 3. The third kappa shape index (κ3) is 1.99. The number of hydrogen-bond acceptors (Lipinski definition) is 3. The molecule has 2 N–H and O–H groups in total. The highest BCUT2D eigenvalue weighted by Gasteiger charge is 2.13. The molecule has 1 heterocycles. The van der Waals surface area contributed by atoms with Gasteiger partial charge in [-0.2, -0.15) is 0 Å². The summed E-state index contributed by atoms with van der Waals surface area (Å²) < 4.78 is 7.06. The highest BCUT2D eigenvalue weighted by molar-refractivity contribution is 9.10. The van der Waals surface area contributed by atoms with E-state index in [4.69, 9.17) is 10.2 Å². The summed E-state index contributed by atoms with van der Waals surface area (Å²) in [4.78, 5) is 4.62. The van der Waals surface area contributed by atoms with E-state index in [9.17, 15) is 0 Å². The molecule has 0 fully saturated rings. The van der Waals surface area contributed by atoms with Gasteiger partial charge in [0.2, 0.25) is 5.89 Å². The van der Waals surface area contributed by atoms with Crippen molar-refractivity contribution >= 4 is 43.5 Å². The van der Waals surface area contributed by atoms with Crippen LogP contribution in [0.4, 0.5) is 5.69 Å². The van der Waals surface area contributed by atoms with E-state index in [0.29, 0.717) is 11.6 Å². The summed E-state index contributed by atoms with van der Waals surface area (Å²) in [6.45, 7) is 1.98. The molecule has 0 aliphatic carbocycles. The van der Waals surface area contributed by atoms with E-state index in [0.717, 1.165) is 37.5 Å². The minimum absolute atomic E-state index is 0.618. The first kappa shape index (κ1) is 13.3. The Morgan fingerprint density at radius 3 is 2.68 bits per heavy atom. The molecule has 0 radical (unpaired) electrons. The van der Waals surface area contributed by atoms with E-state index in [1.54, 1.807) is 0 Å². The molecular formula is C18H13BrN2O. The molecule has 0 atom stereocenters. The number of nitrogens with two attached hydrogens (primary N) is 1. The Labute approximate surface area is 135 Å². The zero-order valence-electron chi connectivity index (χ0n) is 11.9. The highest BCUT2D eigenvalue weighted by Crippen LogP contribution is 2.34. The number of anilines is 1. The maximum absolute atomic E-state index is 6.01. The van der Waals surface area contributed by atoms with Crippen LogP contribution in [-0.2, 0) is 0 Å². The molecule has 3 aromatic carbocycles. The molecule has 0 saturated carbocycles. The second kappa shape index (κ2) is 4.85. The lowest BCUT2D eigenvalue weighted by Crippen LogP contribution is -1.85. The Morgan fingerprint density at radius 1 is 1.05 bits per heavy atom. The zero-order chi connectivity index (χ0) is 15.3. The molecule has 0 aliphatic rings. The van der Waals surface area contributed by atoms with Crippen LogP contribution in [0, 0.1) is 6.92 Å². The molecular weight excluding hydrogens is 340 g/mol. The van der Waals surface area contributed by atoms with Crippen LogP contribution in [0.1, 0.15) is 5.56 Å². The van der Waals surface area contributed by atoms with Crippen LogP contribution in [0.2, 0.25) is 0 Å². The number of nitrogen functional groups attached to an aromatic ring is 1. The monoisotopic (exact) mass is 352 g/mol. The van der Waals surface area contributed by atoms with Crippen molar-refractivity contribution in [2.75, 3.05) is 5.73 Å².